The normalized spacial score (nSPS) is 12.8. The Labute approximate surface area is 163 Å². The molecule has 1 aliphatic carbocycles. The fourth-order valence-corrected chi connectivity index (χ4v) is 3.30. The Balaban J connectivity index is 0.00000196. The van der Waals surface area contributed by atoms with Crippen LogP contribution in [-0.4, -0.2) is 19.9 Å². The van der Waals surface area contributed by atoms with E-state index in [1.54, 1.807) is 18.6 Å². The van der Waals surface area contributed by atoms with Crippen LogP contribution in [0.3, 0.4) is 0 Å². The first-order chi connectivity index (χ1) is 12.3. The number of pyridine rings is 2. The van der Waals surface area contributed by atoms with Crippen LogP contribution in [0.1, 0.15) is 29.8 Å². The molecule has 0 radical (unpaired) electrons. The number of ether oxygens (including phenoxy) is 1. The van der Waals surface area contributed by atoms with Gasteiger partial charge in [-0.05, 0) is 43.4 Å². The number of fused-ring (bicyclic) bond motifs is 1. The predicted octanol–water partition coefficient (Wildman–Crippen LogP) is 4.47. The van der Waals surface area contributed by atoms with Gasteiger partial charge in [-0.3, -0.25) is 9.97 Å². The van der Waals surface area contributed by atoms with Crippen molar-refractivity contribution in [3.05, 3.63) is 65.0 Å². The minimum absolute atomic E-state index is 0. The fourth-order valence-electron chi connectivity index (χ4n) is 3.10. The molecule has 1 aliphatic rings. The van der Waals surface area contributed by atoms with Crippen molar-refractivity contribution < 1.29 is 4.74 Å². The van der Waals surface area contributed by atoms with Crippen LogP contribution in [0, 0.1) is 0 Å². The molecule has 3 aromatic heterocycles. The molecule has 4 rings (SSSR count). The third kappa shape index (κ3) is 3.94. The van der Waals surface area contributed by atoms with Gasteiger partial charge >= 0.3 is 0 Å². The zero-order valence-corrected chi connectivity index (χ0v) is 15.6. The van der Waals surface area contributed by atoms with Crippen molar-refractivity contribution in [2.45, 2.75) is 32.3 Å². The summed E-state index contributed by atoms with van der Waals surface area (Å²) in [6.45, 7) is 0.375. The molecule has 0 aromatic carbocycles. The highest BCUT2D eigenvalue weighted by atomic mass is 35.5. The molecular formula is C19H18Cl2N4O. The zero-order valence-electron chi connectivity index (χ0n) is 14.1. The van der Waals surface area contributed by atoms with Gasteiger partial charge in [0.1, 0.15) is 12.3 Å². The average molecular weight is 389 g/mol. The van der Waals surface area contributed by atoms with Crippen LogP contribution in [0.2, 0.25) is 5.15 Å². The van der Waals surface area contributed by atoms with Gasteiger partial charge in [-0.2, -0.15) is 0 Å². The number of aromatic nitrogens is 4. The van der Waals surface area contributed by atoms with E-state index >= 15 is 0 Å². The van der Waals surface area contributed by atoms with Crippen LogP contribution < -0.4 is 4.74 Å². The first kappa shape index (κ1) is 18.5. The third-order valence-electron chi connectivity index (χ3n) is 4.28. The van der Waals surface area contributed by atoms with Crippen molar-refractivity contribution in [1.29, 1.82) is 0 Å². The van der Waals surface area contributed by atoms with Crippen LogP contribution in [0.25, 0.3) is 11.3 Å². The number of hydrogen-bond acceptors (Lipinski definition) is 5. The number of aryl methyl sites for hydroxylation is 1. The van der Waals surface area contributed by atoms with Gasteiger partial charge in [-0.1, -0.05) is 17.7 Å². The van der Waals surface area contributed by atoms with Gasteiger partial charge < -0.3 is 4.74 Å². The molecule has 3 aromatic rings. The lowest BCUT2D eigenvalue weighted by molar-refractivity contribution is 0.288. The maximum Gasteiger partial charge on any atom is 0.214 e. The quantitative estimate of drug-likeness (QED) is 0.659. The van der Waals surface area contributed by atoms with Crippen molar-refractivity contribution in [3.8, 4) is 17.1 Å². The Morgan fingerprint density at radius 3 is 2.65 bits per heavy atom. The lowest BCUT2D eigenvalue weighted by atomic mass is 9.91. The van der Waals surface area contributed by atoms with Gasteiger partial charge in [0.2, 0.25) is 5.88 Å². The van der Waals surface area contributed by atoms with E-state index in [0.717, 1.165) is 42.6 Å². The van der Waals surface area contributed by atoms with E-state index in [1.165, 1.54) is 5.56 Å². The minimum Gasteiger partial charge on any atom is -0.471 e. The average Bonchev–Trinajstić information content (AvgIpc) is 2.67. The van der Waals surface area contributed by atoms with E-state index in [2.05, 4.69) is 15.0 Å². The van der Waals surface area contributed by atoms with Gasteiger partial charge in [0, 0.05) is 35.9 Å². The van der Waals surface area contributed by atoms with Gasteiger partial charge in [-0.25, -0.2) is 9.97 Å². The van der Waals surface area contributed by atoms with Gasteiger partial charge in [0.15, 0.2) is 5.15 Å². The van der Waals surface area contributed by atoms with Gasteiger partial charge in [0.25, 0.3) is 0 Å². The molecule has 0 saturated carbocycles. The molecule has 0 fully saturated rings. The molecule has 0 saturated heterocycles. The summed E-state index contributed by atoms with van der Waals surface area (Å²) in [5.41, 5.74) is 4.80. The standard InChI is InChI=1S/C19H17ClN4O.ClH/c20-19-18(22-9-10-23-19)15-11-17(24-16-7-2-1-6-14(15)16)25-12-13-5-3-4-8-21-13;/h3-5,8-11H,1-2,6-7,12H2;1H. The number of halogens is 2. The first-order valence-electron chi connectivity index (χ1n) is 8.33. The van der Waals surface area contributed by atoms with Crippen molar-refractivity contribution in [1.82, 2.24) is 19.9 Å². The molecule has 3 heterocycles. The Morgan fingerprint density at radius 1 is 1.00 bits per heavy atom. The zero-order chi connectivity index (χ0) is 17.1. The molecule has 0 spiro atoms. The Morgan fingerprint density at radius 2 is 1.85 bits per heavy atom. The summed E-state index contributed by atoms with van der Waals surface area (Å²) in [5, 5.41) is 0.400. The fraction of sp³-hybridized carbons (Fsp3) is 0.263. The van der Waals surface area contributed by atoms with E-state index in [4.69, 9.17) is 21.3 Å². The summed E-state index contributed by atoms with van der Waals surface area (Å²) in [7, 11) is 0. The molecule has 5 nitrogen and oxygen atoms in total. The number of nitrogens with zero attached hydrogens (tertiary/aromatic N) is 4. The van der Waals surface area contributed by atoms with Gasteiger partial charge in [0.05, 0.1) is 5.69 Å². The highest BCUT2D eigenvalue weighted by molar-refractivity contribution is 6.31. The van der Waals surface area contributed by atoms with Crippen LogP contribution in [-0.2, 0) is 19.4 Å². The second-order valence-corrected chi connectivity index (χ2v) is 6.30. The molecule has 0 amide bonds. The number of rotatable bonds is 4. The summed E-state index contributed by atoms with van der Waals surface area (Å²) >= 11 is 6.28. The lowest BCUT2D eigenvalue weighted by Crippen LogP contribution is -2.10. The first-order valence-corrected chi connectivity index (χ1v) is 8.71. The third-order valence-corrected chi connectivity index (χ3v) is 4.56. The maximum absolute atomic E-state index is 6.28. The highest BCUT2D eigenvalue weighted by Gasteiger charge is 2.20. The summed E-state index contributed by atoms with van der Waals surface area (Å²) < 4.78 is 5.90. The van der Waals surface area contributed by atoms with Crippen LogP contribution >= 0.6 is 24.0 Å². The summed E-state index contributed by atoms with van der Waals surface area (Å²) in [6.07, 6.45) is 9.21. The van der Waals surface area contributed by atoms with Crippen molar-refractivity contribution in [3.63, 3.8) is 0 Å². The van der Waals surface area contributed by atoms with Gasteiger partial charge in [-0.15, -0.1) is 12.4 Å². The van der Waals surface area contributed by atoms with E-state index < -0.39 is 0 Å². The molecule has 0 aliphatic heterocycles. The second-order valence-electron chi connectivity index (χ2n) is 5.95. The van der Waals surface area contributed by atoms with E-state index in [9.17, 15) is 0 Å². The molecule has 0 atom stereocenters. The predicted molar refractivity (Wildman–Crippen MR) is 103 cm³/mol. The Bertz CT molecular complexity index is 890. The van der Waals surface area contributed by atoms with E-state index in [0.29, 0.717) is 23.3 Å². The Kier molecular flexibility index (Phi) is 6.01. The maximum atomic E-state index is 6.28. The van der Waals surface area contributed by atoms with Crippen LogP contribution in [0.4, 0.5) is 0 Å². The van der Waals surface area contributed by atoms with E-state index in [1.807, 2.05) is 24.3 Å². The van der Waals surface area contributed by atoms with Crippen molar-refractivity contribution in [2.75, 3.05) is 0 Å². The van der Waals surface area contributed by atoms with Crippen LogP contribution in [0.5, 0.6) is 5.88 Å². The van der Waals surface area contributed by atoms with Crippen LogP contribution in [0.15, 0.2) is 42.9 Å². The Hall–Kier alpha value is -2.24. The minimum atomic E-state index is 0. The molecule has 0 bridgehead atoms. The summed E-state index contributed by atoms with van der Waals surface area (Å²) in [5.74, 6) is 0.572. The summed E-state index contributed by atoms with van der Waals surface area (Å²) in [6, 6.07) is 7.67. The SMILES string of the molecule is Cl.Clc1nccnc1-c1cc(OCc2ccccn2)nc2c1CCCC2. The molecule has 26 heavy (non-hydrogen) atoms. The topological polar surface area (TPSA) is 60.8 Å². The lowest BCUT2D eigenvalue weighted by Gasteiger charge is -2.20. The molecule has 0 unspecified atom stereocenters. The summed E-state index contributed by atoms with van der Waals surface area (Å²) in [4.78, 5) is 17.6. The molecular weight excluding hydrogens is 371 g/mol. The highest BCUT2D eigenvalue weighted by Crippen LogP contribution is 2.34. The van der Waals surface area contributed by atoms with Crippen molar-refractivity contribution >= 4 is 24.0 Å². The van der Waals surface area contributed by atoms with Crippen molar-refractivity contribution in [2.24, 2.45) is 0 Å². The second kappa shape index (κ2) is 8.43. The largest absolute Gasteiger partial charge is 0.471 e. The number of hydrogen-bond donors (Lipinski definition) is 0. The molecule has 0 N–H and O–H groups in total. The monoisotopic (exact) mass is 388 g/mol. The smallest absolute Gasteiger partial charge is 0.214 e. The molecule has 7 heteroatoms. The van der Waals surface area contributed by atoms with E-state index in [-0.39, 0.29) is 12.4 Å². The molecule has 134 valence electrons.